The maximum atomic E-state index is 12.5. The highest BCUT2D eigenvalue weighted by Gasteiger charge is 2.27. The van der Waals surface area contributed by atoms with Gasteiger partial charge >= 0.3 is 0 Å². The zero-order valence-corrected chi connectivity index (χ0v) is 14.0. The van der Waals surface area contributed by atoms with E-state index < -0.39 is 0 Å². The van der Waals surface area contributed by atoms with Crippen molar-refractivity contribution in [1.29, 1.82) is 0 Å². The minimum absolute atomic E-state index is 0.0467. The van der Waals surface area contributed by atoms with Gasteiger partial charge in [-0.3, -0.25) is 4.79 Å². The van der Waals surface area contributed by atoms with Gasteiger partial charge in [0.1, 0.15) is 6.10 Å². The summed E-state index contributed by atoms with van der Waals surface area (Å²) in [6, 6.07) is 5.56. The van der Waals surface area contributed by atoms with Crippen LogP contribution in [0.5, 0.6) is 0 Å². The number of rotatable bonds is 3. The minimum Gasteiger partial charge on any atom is -0.372 e. The van der Waals surface area contributed by atoms with E-state index >= 15 is 0 Å². The number of ether oxygens (including phenoxy) is 1. The first-order valence-corrected chi connectivity index (χ1v) is 8.08. The Labute approximate surface area is 140 Å². The van der Waals surface area contributed by atoms with Crippen molar-refractivity contribution in [3.8, 4) is 0 Å². The van der Waals surface area contributed by atoms with Gasteiger partial charge in [-0.2, -0.15) is 0 Å². The lowest BCUT2D eigenvalue weighted by Gasteiger charge is -2.30. The predicted octanol–water partition coefficient (Wildman–Crippen LogP) is 3.03. The Bertz CT molecular complexity index is 714. The number of amides is 1. The molecule has 1 aliphatic heterocycles. The SMILES string of the molecule is Cc1cccc(C(=O)NC2CCOC(c3cncn3C)C2)c1Cl. The third-order valence-electron chi connectivity index (χ3n) is 4.24. The maximum absolute atomic E-state index is 12.5. The summed E-state index contributed by atoms with van der Waals surface area (Å²) >= 11 is 6.24. The van der Waals surface area contributed by atoms with Gasteiger partial charge in [0.15, 0.2) is 0 Å². The van der Waals surface area contributed by atoms with Crippen molar-refractivity contribution in [3.63, 3.8) is 0 Å². The molecule has 1 aromatic carbocycles. The third-order valence-corrected chi connectivity index (χ3v) is 4.74. The Balaban J connectivity index is 1.69. The van der Waals surface area contributed by atoms with E-state index in [1.807, 2.05) is 36.9 Å². The van der Waals surface area contributed by atoms with Crippen LogP contribution in [0.4, 0.5) is 0 Å². The van der Waals surface area contributed by atoms with E-state index in [1.54, 1.807) is 12.4 Å². The molecule has 1 aromatic heterocycles. The van der Waals surface area contributed by atoms with Crippen LogP contribution in [0.3, 0.4) is 0 Å². The van der Waals surface area contributed by atoms with Crippen LogP contribution in [0.25, 0.3) is 0 Å². The quantitative estimate of drug-likeness (QED) is 0.939. The van der Waals surface area contributed by atoms with E-state index in [-0.39, 0.29) is 18.1 Å². The number of imidazole rings is 1. The molecule has 6 heteroatoms. The third kappa shape index (κ3) is 3.41. The highest BCUT2D eigenvalue weighted by atomic mass is 35.5. The molecule has 0 radical (unpaired) electrons. The highest BCUT2D eigenvalue weighted by molar-refractivity contribution is 6.34. The van der Waals surface area contributed by atoms with Crippen LogP contribution in [0.1, 0.15) is 40.6 Å². The normalized spacial score (nSPS) is 21.2. The molecule has 1 saturated heterocycles. The van der Waals surface area contributed by atoms with Crippen molar-refractivity contribution < 1.29 is 9.53 Å². The lowest BCUT2D eigenvalue weighted by molar-refractivity contribution is -0.00301. The van der Waals surface area contributed by atoms with E-state index in [1.165, 1.54) is 0 Å². The molecular weight excluding hydrogens is 314 g/mol. The van der Waals surface area contributed by atoms with Crippen LogP contribution in [0, 0.1) is 6.92 Å². The highest BCUT2D eigenvalue weighted by Crippen LogP contribution is 2.28. The molecule has 2 unspecified atom stereocenters. The number of aryl methyl sites for hydroxylation is 2. The number of halogens is 1. The van der Waals surface area contributed by atoms with Crippen LogP contribution < -0.4 is 5.32 Å². The van der Waals surface area contributed by atoms with Crippen molar-refractivity contribution in [3.05, 3.63) is 52.6 Å². The first kappa shape index (κ1) is 16.0. The van der Waals surface area contributed by atoms with Crippen molar-refractivity contribution in [2.24, 2.45) is 7.05 Å². The number of nitrogens with one attached hydrogen (secondary N) is 1. The summed E-state index contributed by atoms with van der Waals surface area (Å²) in [5.74, 6) is -0.130. The summed E-state index contributed by atoms with van der Waals surface area (Å²) in [7, 11) is 1.94. The van der Waals surface area contributed by atoms with Gasteiger partial charge in [0.25, 0.3) is 5.91 Å². The number of carbonyl (C=O) groups is 1. The van der Waals surface area contributed by atoms with Crippen LogP contribution in [-0.4, -0.2) is 28.1 Å². The number of hydrogen-bond donors (Lipinski definition) is 1. The zero-order valence-electron chi connectivity index (χ0n) is 13.3. The molecule has 23 heavy (non-hydrogen) atoms. The van der Waals surface area contributed by atoms with E-state index in [4.69, 9.17) is 16.3 Å². The average molecular weight is 334 g/mol. The summed E-state index contributed by atoms with van der Waals surface area (Å²) in [5, 5.41) is 3.60. The molecule has 1 fully saturated rings. The van der Waals surface area contributed by atoms with Crippen LogP contribution in [-0.2, 0) is 11.8 Å². The lowest BCUT2D eigenvalue weighted by atomic mass is 10.0. The second-order valence-electron chi connectivity index (χ2n) is 5.92. The molecule has 1 aliphatic rings. The largest absolute Gasteiger partial charge is 0.372 e. The molecule has 0 bridgehead atoms. The van der Waals surface area contributed by atoms with Gasteiger partial charge in [0, 0.05) is 19.7 Å². The molecule has 2 aromatic rings. The number of carbonyl (C=O) groups excluding carboxylic acids is 1. The van der Waals surface area contributed by atoms with Crippen molar-refractivity contribution in [2.75, 3.05) is 6.61 Å². The Morgan fingerprint density at radius 2 is 2.30 bits per heavy atom. The summed E-state index contributed by atoms with van der Waals surface area (Å²) in [5.41, 5.74) is 2.45. The zero-order chi connectivity index (χ0) is 16.4. The molecular formula is C17H20ClN3O2. The van der Waals surface area contributed by atoms with Crippen LogP contribution >= 0.6 is 11.6 Å². The fourth-order valence-electron chi connectivity index (χ4n) is 2.90. The molecule has 0 spiro atoms. The van der Waals surface area contributed by atoms with Crippen molar-refractivity contribution >= 4 is 17.5 Å². The Morgan fingerprint density at radius 1 is 1.48 bits per heavy atom. The number of nitrogens with zero attached hydrogens (tertiary/aromatic N) is 2. The topological polar surface area (TPSA) is 56.1 Å². The summed E-state index contributed by atoms with van der Waals surface area (Å²) in [6.07, 6.45) is 5.05. The van der Waals surface area contributed by atoms with Gasteiger partial charge in [0.05, 0.1) is 28.8 Å². The Hall–Kier alpha value is -1.85. The van der Waals surface area contributed by atoms with E-state index in [0.717, 1.165) is 24.1 Å². The first-order valence-electron chi connectivity index (χ1n) is 7.70. The van der Waals surface area contributed by atoms with Gasteiger partial charge in [-0.1, -0.05) is 23.7 Å². The summed E-state index contributed by atoms with van der Waals surface area (Å²) < 4.78 is 7.78. The average Bonchev–Trinajstić information content (AvgIpc) is 2.96. The van der Waals surface area contributed by atoms with Crippen molar-refractivity contribution in [2.45, 2.75) is 31.9 Å². The minimum atomic E-state index is -0.130. The summed E-state index contributed by atoms with van der Waals surface area (Å²) in [4.78, 5) is 16.6. The molecule has 2 heterocycles. The van der Waals surface area contributed by atoms with Gasteiger partial charge in [-0.05, 0) is 31.4 Å². The second-order valence-corrected chi connectivity index (χ2v) is 6.30. The fourth-order valence-corrected chi connectivity index (χ4v) is 3.11. The van der Waals surface area contributed by atoms with E-state index in [0.29, 0.717) is 17.2 Å². The van der Waals surface area contributed by atoms with Gasteiger partial charge in [-0.25, -0.2) is 4.98 Å². The van der Waals surface area contributed by atoms with Gasteiger partial charge in [0.2, 0.25) is 0 Å². The molecule has 0 aliphatic carbocycles. The molecule has 2 atom stereocenters. The van der Waals surface area contributed by atoms with Gasteiger partial charge in [-0.15, -0.1) is 0 Å². The molecule has 5 nitrogen and oxygen atoms in total. The number of aromatic nitrogens is 2. The molecule has 122 valence electrons. The predicted molar refractivity (Wildman–Crippen MR) is 88.6 cm³/mol. The molecule has 1 N–H and O–H groups in total. The Kier molecular flexibility index (Phi) is 4.68. The van der Waals surface area contributed by atoms with E-state index in [9.17, 15) is 4.79 Å². The first-order chi connectivity index (χ1) is 11.1. The summed E-state index contributed by atoms with van der Waals surface area (Å²) in [6.45, 7) is 2.51. The lowest BCUT2D eigenvalue weighted by Crippen LogP contribution is -2.40. The second kappa shape index (κ2) is 6.72. The molecule has 1 amide bonds. The maximum Gasteiger partial charge on any atom is 0.253 e. The fraction of sp³-hybridized carbons (Fsp3) is 0.412. The van der Waals surface area contributed by atoms with E-state index in [2.05, 4.69) is 10.3 Å². The van der Waals surface area contributed by atoms with Gasteiger partial charge < -0.3 is 14.6 Å². The molecule has 3 rings (SSSR count). The van der Waals surface area contributed by atoms with Crippen LogP contribution in [0.2, 0.25) is 5.02 Å². The number of hydrogen-bond acceptors (Lipinski definition) is 3. The Morgan fingerprint density at radius 3 is 3.04 bits per heavy atom. The molecule has 0 saturated carbocycles. The van der Waals surface area contributed by atoms with Crippen molar-refractivity contribution in [1.82, 2.24) is 14.9 Å². The number of benzene rings is 1. The van der Waals surface area contributed by atoms with Crippen LogP contribution in [0.15, 0.2) is 30.7 Å². The standard InChI is InChI=1S/C17H20ClN3O2/c1-11-4-3-5-13(16(11)18)17(22)20-12-6-7-23-15(8-12)14-9-19-10-21(14)2/h3-5,9-10,12,15H,6-8H2,1-2H3,(H,20,22). The smallest absolute Gasteiger partial charge is 0.253 e. The monoisotopic (exact) mass is 333 g/mol.